The van der Waals surface area contributed by atoms with E-state index in [1.54, 1.807) is 19.1 Å². The van der Waals surface area contributed by atoms with E-state index in [0.29, 0.717) is 11.3 Å². The summed E-state index contributed by atoms with van der Waals surface area (Å²) in [6, 6.07) is 4.76. The van der Waals surface area contributed by atoms with Crippen LogP contribution in [0.15, 0.2) is 30.0 Å². The highest BCUT2D eigenvalue weighted by atomic mass is 16.7. The topological polar surface area (TPSA) is 108 Å². The van der Waals surface area contributed by atoms with E-state index < -0.39 is 23.6 Å². The second-order valence-corrected chi connectivity index (χ2v) is 5.28. The van der Waals surface area contributed by atoms with Crippen molar-refractivity contribution < 1.29 is 23.9 Å². The van der Waals surface area contributed by atoms with Crippen LogP contribution in [0.4, 0.5) is 5.69 Å². The van der Waals surface area contributed by atoms with Gasteiger partial charge in [0.05, 0.1) is 0 Å². The summed E-state index contributed by atoms with van der Waals surface area (Å²) in [7, 11) is 0. The van der Waals surface area contributed by atoms with Crippen LogP contribution in [0, 0.1) is 6.92 Å². The van der Waals surface area contributed by atoms with E-state index in [0.717, 1.165) is 5.56 Å². The van der Waals surface area contributed by atoms with Gasteiger partial charge < -0.3 is 20.5 Å². The van der Waals surface area contributed by atoms with Gasteiger partial charge in [-0.15, -0.1) is 0 Å². The number of carbonyl (C=O) groups is 3. The van der Waals surface area contributed by atoms with Crippen LogP contribution in [0.2, 0.25) is 0 Å². The smallest absolute Gasteiger partial charge is 0.350 e. The van der Waals surface area contributed by atoms with Crippen molar-refractivity contribution in [3.63, 3.8) is 0 Å². The standard InChI is InChI=1S/C15H16N2O5/c1-8-6-9(12(16)18)4-5-11(8)17-7-10-13(19)21-15(2,3)22-14(10)20/h4-7,17H,1-3H3,(H2,16,18). The number of nitrogens with two attached hydrogens (primary N) is 1. The van der Waals surface area contributed by atoms with E-state index in [2.05, 4.69) is 5.32 Å². The van der Waals surface area contributed by atoms with Gasteiger partial charge in [0.2, 0.25) is 5.91 Å². The number of anilines is 1. The maximum absolute atomic E-state index is 11.8. The number of primary amides is 1. The molecule has 0 radical (unpaired) electrons. The lowest BCUT2D eigenvalue weighted by Gasteiger charge is -2.29. The molecule has 0 aromatic heterocycles. The molecule has 1 saturated heterocycles. The quantitative estimate of drug-likeness (QED) is 0.494. The van der Waals surface area contributed by atoms with Crippen LogP contribution in [0.5, 0.6) is 0 Å². The largest absolute Gasteiger partial charge is 0.419 e. The molecule has 1 aromatic rings. The number of nitrogens with one attached hydrogen (secondary N) is 1. The Kier molecular flexibility index (Phi) is 3.90. The van der Waals surface area contributed by atoms with Gasteiger partial charge >= 0.3 is 11.9 Å². The number of benzene rings is 1. The molecule has 1 aromatic carbocycles. The number of esters is 2. The van der Waals surface area contributed by atoms with Gasteiger partial charge in [0, 0.05) is 31.3 Å². The molecule has 0 unspecified atom stereocenters. The van der Waals surface area contributed by atoms with E-state index in [1.165, 1.54) is 26.1 Å². The lowest BCUT2D eigenvalue weighted by atomic mass is 10.1. The normalized spacial score (nSPS) is 16.6. The highest BCUT2D eigenvalue weighted by Crippen LogP contribution is 2.23. The molecule has 2 rings (SSSR count). The van der Waals surface area contributed by atoms with E-state index in [9.17, 15) is 14.4 Å². The Morgan fingerprint density at radius 2 is 1.82 bits per heavy atom. The zero-order valence-corrected chi connectivity index (χ0v) is 12.4. The number of amides is 1. The Labute approximate surface area is 127 Å². The Morgan fingerprint density at radius 1 is 1.23 bits per heavy atom. The molecule has 1 fully saturated rings. The number of rotatable bonds is 3. The lowest BCUT2D eigenvalue weighted by molar-refractivity contribution is -0.222. The van der Waals surface area contributed by atoms with Crippen molar-refractivity contribution in [2.75, 3.05) is 5.32 Å². The van der Waals surface area contributed by atoms with E-state index >= 15 is 0 Å². The minimum absolute atomic E-state index is 0.238. The fourth-order valence-electron chi connectivity index (χ4n) is 1.91. The first-order valence-corrected chi connectivity index (χ1v) is 6.53. The zero-order valence-electron chi connectivity index (χ0n) is 12.4. The Hall–Kier alpha value is -2.83. The van der Waals surface area contributed by atoms with Crippen LogP contribution in [0.25, 0.3) is 0 Å². The van der Waals surface area contributed by atoms with Crippen LogP contribution < -0.4 is 11.1 Å². The molecule has 1 heterocycles. The van der Waals surface area contributed by atoms with Crippen molar-refractivity contribution in [2.45, 2.75) is 26.6 Å². The summed E-state index contributed by atoms with van der Waals surface area (Å²) in [5, 5.41) is 2.82. The molecule has 116 valence electrons. The lowest BCUT2D eigenvalue weighted by Crippen LogP contribution is -2.42. The zero-order chi connectivity index (χ0) is 16.5. The molecule has 0 spiro atoms. The summed E-state index contributed by atoms with van der Waals surface area (Å²) < 4.78 is 9.95. The van der Waals surface area contributed by atoms with Crippen molar-refractivity contribution in [1.29, 1.82) is 0 Å². The summed E-state index contributed by atoms with van der Waals surface area (Å²) in [5.41, 5.74) is 6.66. The minimum Gasteiger partial charge on any atom is -0.419 e. The van der Waals surface area contributed by atoms with E-state index in [-0.39, 0.29) is 5.57 Å². The fourth-order valence-corrected chi connectivity index (χ4v) is 1.91. The summed E-state index contributed by atoms with van der Waals surface area (Å²) in [5.74, 6) is -3.33. The van der Waals surface area contributed by atoms with Crippen LogP contribution in [0.1, 0.15) is 29.8 Å². The molecule has 0 bridgehead atoms. The molecule has 7 nitrogen and oxygen atoms in total. The molecule has 0 atom stereocenters. The second kappa shape index (κ2) is 5.51. The first-order valence-electron chi connectivity index (χ1n) is 6.53. The maximum atomic E-state index is 11.8. The first-order chi connectivity index (χ1) is 10.2. The summed E-state index contributed by atoms with van der Waals surface area (Å²) >= 11 is 0. The van der Waals surface area contributed by atoms with Crippen molar-refractivity contribution in [3.05, 3.63) is 41.1 Å². The van der Waals surface area contributed by atoms with Gasteiger partial charge in [-0.2, -0.15) is 0 Å². The number of carbonyl (C=O) groups excluding carboxylic acids is 3. The summed E-state index contributed by atoms with van der Waals surface area (Å²) in [6.45, 7) is 4.70. The SMILES string of the molecule is Cc1cc(C(N)=O)ccc1NC=C1C(=O)OC(C)(C)OC1=O. The molecule has 0 aliphatic carbocycles. The third-order valence-corrected chi connectivity index (χ3v) is 3.00. The van der Waals surface area contributed by atoms with Crippen molar-refractivity contribution in [1.82, 2.24) is 0 Å². The molecule has 22 heavy (non-hydrogen) atoms. The highest BCUT2D eigenvalue weighted by Gasteiger charge is 2.38. The van der Waals surface area contributed by atoms with Crippen LogP contribution in [-0.2, 0) is 19.1 Å². The molecule has 7 heteroatoms. The minimum atomic E-state index is -1.27. The maximum Gasteiger partial charge on any atom is 0.350 e. The molecule has 1 aliphatic rings. The average molecular weight is 304 g/mol. The first kappa shape index (κ1) is 15.6. The Balaban J connectivity index is 2.20. The second-order valence-electron chi connectivity index (χ2n) is 5.28. The van der Waals surface area contributed by atoms with E-state index in [1.807, 2.05) is 0 Å². The number of hydrogen-bond acceptors (Lipinski definition) is 6. The third-order valence-electron chi connectivity index (χ3n) is 3.00. The number of cyclic esters (lactones) is 2. The molecule has 3 N–H and O–H groups in total. The van der Waals surface area contributed by atoms with Crippen LogP contribution in [0.3, 0.4) is 0 Å². The number of hydrogen-bond donors (Lipinski definition) is 2. The third kappa shape index (κ3) is 3.25. The highest BCUT2D eigenvalue weighted by molar-refractivity contribution is 6.15. The van der Waals surface area contributed by atoms with Gasteiger partial charge in [-0.1, -0.05) is 0 Å². The Morgan fingerprint density at radius 3 is 2.32 bits per heavy atom. The molecule has 1 aliphatic heterocycles. The van der Waals surface area contributed by atoms with Gasteiger partial charge in [0.15, 0.2) is 5.57 Å². The van der Waals surface area contributed by atoms with Crippen molar-refractivity contribution in [2.24, 2.45) is 5.73 Å². The van der Waals surface area contributed by atoms with Gasteiger partial charge in [-0.05, 0) is 30.7 Å². The molecule has 1 amide bonds. The average Bonchev–Trinajstić information content (AvgIpc) is 2.37. The van der Waals surface area contributed by atoms with Crippen LogP contribution >= 0.6 is 0 Å². The van der Waals surface area contributed by atoms with Gasteiger partial charge in [-0.25, -0.2) is 9.59 Å². The van der Waals surface area contributed by atoms with Gasteiger partial charge in [0.25, 0.3) is 5.79 Å². The van der Waals surface area contributed by atoms with Gasteiger partial charge in [-0.3, -0.25) is 4.79 Å². The monoisotopic (exact) mass is 304 g/mol. The molecule has 0 saturated carbocycles. The Bertz CT molecular complexity index is 669. The predicted molar refractivity (Wildman–Crippen MR) is 77.7 cm³/mol. The number of aryl methyl sites for hydroxylation is 1. The van der Waals surface area contributed by atoms with Gasteiger partial charge in [0.1, 0.15) is 0 Å². The van der Waals surface area contributed by atoms with Crippen LogP contribution in [-0.4, -0.2) is 23.6 Å². The van der Waals surface area contributed by atoms with Crippen molar-refractivity contribution in [3.8, 4) is 0 Å². The summed E-state index contributed by atoms with van der Waals surface area (Å²) in [4.78, 5) is 34.6. The predicted octanol–water partition coefficient (Wildman–Crippen LogP) is 1.23. The molecular weight excluding hydrogens is 288 g/mol. The summed E-state index contributed by atoms with van der Waals surface area (Å²) in [6.07, 6.45) is 1.21. The number of ether oxygens (including phenoxy) is 2. The fraction of sp³-hybridized carbons (Fsp3) is 0.267. The van der Waals surface area contributed by atoms with Crippen molar-refractivity contribution >= 4 is 23.5 Å². The van der Waals surface area contributed by atoms with E-state index in [4.69, 9.17) is 15.2 Å². The molecular formula is C15H16N2O5.